The summed E-state index contributed by atoms with van der Waals surface area (Å²) >= 11 is 7.28. The predicted molar refractivity (Wildman–Crippen MR) is 99.4 cm³/mol. The molecule has 0 aliphatic rings. The highest BCUT2D eigenvalue weighted by molar-refractivity contribution is 7.21. The molecule has 0 saturated carbocycles. The number of nitrogen functional groups attached to an aromatic ring is 1. The normalized spacial score (nSPS) is 10.9. The number of aromatic nitrogens is 3. The number of thiazole rings is 1. The number of nitrogens with two attached hydrogens (primary N) is 1. The zero-order chi connectivity index (χ0) is 17.4. The van der Waals surface area contributed by atoms with Gasteiger partial charge < -0.3 is 15.5 Å². The highest BCUT2D eigenvalue weighted by Crippen LogP contribution is 2.34. The molecule has 0 bridgehead atoms. The molecule has 0 radical (unpaired) electrons. The average Bonchev–Trinajstić information content (AvgIpc) is 3.02. The standard InChI is InChI=1S/C17H11ClN4O2S/c18-10-2-1-3-11(7-10)24-13-5-4-9(6-12(13)19)16-22-14-15(23)20-8-21-17(14)25-16/h1-8H,19H2,(H,20,21,23). The Labute approximate surface area is 150 Å². The van der Waals surface area contributed by atoms with Crippen LogP contribution in [0, 0.1) is 0 Å². The van der Waals surface area contributed by atoms with Crippen molar-refractivity contribution < 1.29 is 4.74 Å². The number of benzene rings is 2. The summed E-state index contributed by atoms with van der Waals surface area (Å²) in [5, 5.41) is 1.25. The second-order valence-corrected chi connectivity index (χ2v) is 6.63. The van der Waals surface area contributed by atoms with Crippen molar-refractivity contribution in [3.05, 3.63) is 64.2 Å². The van der Waals surface area contributed by atoms with E-state index in [-0.39, 0.29) is 5.56 Å². The fourth-order valence-corrected chi connectivity index (χ4v) is 3.41. The lowest BCUT2D eigenvalue weighted by Gasteiger charge is -2.09. The van der Waals surface area contributed by atoms with Crippen LogP contribution in [0.15, 0.2) is 53.6 Å². The van der Waals surface area contributed by atoms with Crippen molar-refractivity contribution in [2.45, 2.75) is 0 Å². The first-order chi connectivity index (χ1) is 12.1. The molecule has 0 atom stereocenters. The van der Waals surface area contributed by atoms with Gasteiger partial charge in [0.05, 0.1) is 12.0 Å². The quantitative estimate of drug-likeness (QED) is 0.530. The summed E-state index contributed by atoms with van der Waals surface area (Å²) in [7, 11) is 0. The van der Waals surface area contributed by atoms with Crippen LogP contribution in [0.25, 0.3) is 20.9 Å². The van der Waals surface area contributed by atoms with Gasteiger partial charge in [-0.15, -0.1) is 0 Å². The average molecular weight is 371 g/mol. The van der Waals surface area contributed by atoms with Gasteiger partial charge in [-0.05, 0) is 36.4 Å². The number of H-pyrrole nitrogens is 1. The third-order valence-electron chi connectivity index (χ3n) is 3.48. The summed E-state index contributed by atoms with van der Waals surface area (Å²) in [5.74, 6) is 1.12. The molecule has 2 aromatic carbocycles. The molecule has 0 saturated heterocycles. The fourth-order valence-electron chi connectivity index (χ4n) is 2.32. The summed E-state index contributed by atoms with van der Waals surface area (Å²) in [5.41, 5.74) is 7.41. The van der Waals surface area contributed by atoms with Crippen molar-refractivity contribution in [3.63, 3.8) is 0 Å². The Morgan fingerprint density at radius 1 is 1.20 bits per heavy atom. The van der Waals surface area contributed by atoms with E-state index in [4.69, 9.17) is 22.1 Å². The molecule has 124 valence electrons. The SMILES string of the molecule is Nc1cc(-c2nc3c(=O)[nH]cnc3s2)ccc1Oc1cccc(Cl)c1. The van der Waals surface area contributed by atoms with Crippen molar-refractivity contribution >= 4 is 39.0 Å². The van der Waals surface area contributed by atoms with E-state index in [0.29, 0.717) is 37.6 Å². The molecule has 2 aromatic heterocycles. The number of rotatable bonds is 3. The second kappa shape index (κ2) is 6.19. The lowest BCUT2D eigenvalue weighted by atomic mass is 10.2. The van der Waals surface area contributed by atoms with Crippen molar-refractivity contribution in [3.8, 4) is 22.1 Å². The summed E-state index contributed by atoms with van der Waals surface area (Å²) in [6.45, 7) is 0. The molecule has 25 heavy (non-hydrogen) atoms. The number of aromatic amines is 1. The van der Waals surface area contributed by atoms with E-state index in [1.165, 1.54) is 17.7 Å². The minimum absolute atomic E-state index is 0.263. The molecular weight excluding hydrogens is 360 g/mol. The molecule has 2 heterocycles. The maximum Gasteiger partial charge on any atom is 0.278 e. The maximum atomic E-state index is 11.8. The molecule has 4 aromatic rings. The van der Waals surface area contributed by atoms with Crippen LogP contribution in [0.2, 0.25) is 5.02 Å². The minimum atomic E-state index is -0.263. The first-order valence-electron chi connectivity index (χ1n) is 7.28. The Kier molecular flexibility index (Phi) is 3.87. The van der Waals surface area contributed by atoms with Crippen LogP contribution in [0.1, 0.15) is 0 Å². The molecule has 6 nitrogen and oxygen atoms in total. The lowest BCUT2D eigenvalue weighted by Crippen LogP contribution is -2.05. The van der Waals surface area contributed by atoms with Gasteiger partial charge in [-0.2, -0.15) is 0 Å². The first-order valence-corrected chi connectivity index (χ1v) is 8.47. The van der Waals surface area contributed by atoms with E-state index in [1.54, 1.807) is 36.4 Å². The number of nitrogens with one attached hydrogen (secondary N) is 1. The number of hydrogen-bond donors (Lipinski definition) is 2. The third-order valence-corrected chi connectivity index (χ3v) is 4.73. The van der Waals surface area contributed by atoms with Gasteiger partial charge >= 0.3 is 0 Å². The van der Waals surface area contributed by atoms with Gasteiger partial charge in [-0.25, -0.2) is 9.97 Å². The Balaban J connectivity index is 1.69. The Bertz CT molecular complexity index is 1140. The lowest BCUT2D eigenvalue weighted by molar-refractivity contribution is 0.485. The van der Waals surface area contributed by atoms with E-state index < -0.39 is 0 Å². The molecule has 0 unspecified atom stereocenters. The highest BCUT2D eigenvalue weighted by atomic mass is 35.5. The molecule has 0 fully saturated rings. The number of anilines is 1. The van der Waals surface area contributed by atoms with Crippen LogP contribution in [0.5, 0.6) is 11.5 Å². The summed E-state index contributed by atoms with van der Waals surface area (Å²) in [4.78, 5) is 23.3. The molecule has 4 rings (SSSR count). The van der Waals surface area contributed by atoms with E-state index in [1.807, 2.05) is 6.07 Å². The van der Waals surface area contributed by atoms with Gasteiger partial charge in [-0.3, -0.25) is 4.79 Å². The molecular formula is C17H11ClN4O2S. The minimum Gasteiger partial charge on any atom is -0.455 e. The fraction of sp³-hybridized carbons (Fsp3) is 0. The molecule has 0 aliphatic carbocycles. The van der Waals surface area contributed by atoms with Gasteiger partial charge in [0.1, 0.15) is 16.5 Å². The molecule has 0 amide bonds. The Morgan fingerprint density at radius 2 is 2.08 bits per heavy atom. The van der Waals surface area contributed by atoms with Gasteiger partial charge in [0.15, 0.2) is 10.3 Å². The van der Waals surface area contributed by atoms with Crippen LogP contribution in [0.3, 0.4) is 0 Å². The van der Waals surface area contributed by atoms with E-state index in [9.17, 15) is 4.79 Å². The Hall–Kier alpha value is -2.90. The van der Waals surface area contributed by atoms with Crippen LogP contribution in [0.4, 0.5) is 5.69 Å². The maximum absolute atomic E-state index is 11.8. The monoisotopic (exact) mass is 370 g/mol. The largest absolute Gasteiger partial charge is 0.455 e. The first kappa shape index (κ1) is 15.6. The van der Waals surface area contributed by atoms with Gasteiger partial charge in [-0.1, -0.05) is 29.0 Å². The number of nitrogens with zero attached hydrogens (tertiary/aromatic N) is 2. The van der Waals surface area contributed by atoms with Crippen molar-refractivity contribution in [2.24, 2.45) is 0 Å². The summed E-state index contributed by atoms with van der Waals surface area (Å²) in [6.07, 6.45) is 1.36. The second-order valence-electron chi connectivity index (χ2n) is 5.22. The number of halogens is 1. The van der Waals surface area contributed by atoms with Gasteiger partial charge in [0.25, 0.3) is 5.56 Å². The molecule has 0 aliphatic heterocycles. The van der Waals surface area contributed by atoms with Gasteiger partial charge in [0, 0.05) is 10.6 Å². The van der Waals surface area contributed by atoms with Crippen LogP contribution >= 0.6 is 22.9 Å². The zero-order valence-electron chi connectivity index (χ0n) is 12.7. The smallest absolute Gasteiger partial charge is 0.278 e. The zero-order valence-corrected chi connectivity index (χ0v) is 14.3. The van der Waals surface area contributed by atoms with Crippen molar-refractivity contribution in [1.82, 2.24) is 15.0 Å². The van der Waals surface area contributed by atoms with Crippen LogP contribution in [-0.2, 0) is 0 Å². The van der Waals surface area contributed by atoms with Gasteiger partial charge in [0.2, 0.25) is 0 Å². The number of ether oxygens (including phenoxy) is 1. The van der Waals surface area contributed by atoms with Crippen LogP contribution in [-0.4, -0.2) is 15.0 Å². The molecule has 8 heteroatoms. The summed E-state index contributed by atoms with van der Waals surface area (Å²) < 4.78 is 5.77. The summed E-state index contributed by atoms with van der Waals surface area (Å²) in [6, 6.07) is 12.4. The third kappa shape index (κ3) is 3.07. The van der Waals surface area contributed by atoms with E-state index >= 15 is 0 Å². The molecule has 0 spiro atoms. The van der Waals surface area contributed by atoms with E-state index in [2.05, 4.69) is 15.0 Å². The van der Waals surface area contributed by atoms with Crippen molar-refractivity contribution in [1.29, 1.82) is 0 Å². The van der Waals surface area contributed by atoms with Crippen molar-refractivity contribution in [2.75, 3.05) is 5.73 Å². The number of fused-ring (bicyclic) bond motifs is 1. The highest BCUT2D eigenvalue weighted by Gasteiger charge is 2.12. The van der Waals surface area contributed by atoms with E-state index in [0.717, 1.165) is 5.56 Å². The number of hydrogen-bond acceptors (Lipinski definition) is 6. The topological polar surface area (TPSA) is 93.9 Å². The van der Waals surface area contributed by atoms with Crippen LogP contribution < -0.4 is 16.0 Å². The Morgan fingerprint density at radius 3 is 2.84 bits per heavy atom. The predicted octanol–water partition coefficient (Wildman–Crippen LogP) is 4.07. The molecule has 3 N–H and O–H groups in total.